The summed E-state index contributed by atoms with van der Waals surface area (Å²) in [5.41, 5.74) is 2.19. The molecule has 4 amide bonds. The van der Waals surface area contributed by atoms with Gasteiger partial charge >= 0.3 is 0 Å². The summed E-state index contributed by atoms with van der Waals surface area (Å²) < 4.78 is 7.15. The molecule has 34 heavy (non-hydrogen) atoms. The van der Waals surface area contributed by atoms with Crippen molar-refractivity contribution in [3.63, 3.8) is 0 Å². The van der Waals surface area contributed by atoms with Crippen molar-refractivity contribution < 1.29 is 23.7 Å². The molecule has 6 heterocycles. The van der Waals surface area contributed by atoms with Crippen LogP contribution in [0.1, 0.15) is 31.6 Å². The number of fused-ring (bicyclic) bond motifs is 1. The number of aromatic nitrogens is 4. The molecule has 1 N–H and O–H groups in total. The Hall–Kier alpha value is -4.35. The van der Waals surface area contributed by atoms with E-state index in [1.807, 2.05) is 24.3 Å². The second-order valence-corrected chi connectivity index (χ2v) is 8.39. The number of amides is 4. The lowest BCUT2D eigenvalue weighted by Crippen LogP contribution is -2.55. The molecule has 1 saturated heterocycles. The lowest BCUT2D eigenvalue weighted by Gasteiger charge is -2.29. The van der Waals surface area contributed by atoms with Crippen LogP contribution in [0.3, 0.4) is 0 Å². The minimum Gasteiger partial charge on any atom is -0.357 e. The molecular weight excluding hydrogens is 442 g/mol. The highest BCUT2D eigenvalue weighted by Gasteiger charge is 2.48. The maximum Gasteiger partial charge on any atom is 0.278 e. The Morgan fingerprint density at radius 3 is 2.82 bits per heavy atom. The molecule has 1 fully saturated rings. The molecule has 1 atom stereocenters. The Balaban J connectivity index is 1.25. The molecule has 0 aromatic carbocycles. The Kier molecular flexibility index (Phi) is 4.54. The monoisotopic (exact) mass is 461 g/mol. The van der Waals surface area contributed by atoms with Crippen LogP contribution in [0, 0.1) is 0 Å². The van der Waals surface area contributed by atoms with Crippen LogP contribution in [0.15, 0.2) is 46.3 Å². The lowest BCUT2D eigenvalue weighted by molar-refractivity contribution is -0.150. The van der Waals surface area contributed by atoms with Crippen LogP contribution >= 0.6 is 0 Å². The number of hydrogen-bond acceptors (Lipinski definition) is 9. The van der Waals surface area contributed by atoms with E-state index in [-0.39, 0.29) is 31.0 Å². The van der Waals surface area contributed by atoms with Gasteiger partial charge in [0.25, 0.3) is 11.8 Å². The summed E-state index contributed by atoms with van der Waals surface area (Å²) in [6.45, 7) is 0.666. The molecule has 0 radical (unpaired) electrons. The predicted octanol–water partition coefficient (Wildman–Crippen LogP) is 0.408. The number of nitrogens with zero attached hydrogens (tertiary/aromatic N) is 6. The van der Waals surface area contributed by atoms with Crippen molar-refractivity contribution in [2.24, 2.45) is 0 Å². The van der Waals surface area contributed by atoms with Gasteiger partial charge in [-0.15, -0.1) is 0 Å². The zero-order valence-electron chi connectivity index (χ0n) is 17.9. The fraction of sp³-hybridized carbons (Fsp3) is 0.318. The highest BCUT2D eigenvalue weighted by molar-refractivity contribution is 6.21. The molecule has 3 aliphatic rings. The molecular formula is C22H19N7O5. The second-order valence-electron chi connectivity index (χ2n) is 8.39. The smallest absolute Gasteiger partial charge is 0.278 e. The van der Waals surface area contributed by atoms with Crippen LogP contribution in [0.2, 0.25) is 0 Å². The largest absolute Gasteiger partial charge is 0.357 e. The van der Waals surface area contributed by atoms with Gasteiger partial charge in [0.2, 0.25) is 23.5 Å². The van der Waals surface area contributed by atoms with E-state index in [2.05, 4.69) is 20.6 Å². The van der Waals surface area contributed by atoms with Crippen LogP contribution in [-0.2, 0) is 25.7 Å². The van der Waals surface area contributed by atoms with E-state index < -0.39 is 29.7 Å². The molecule has 3 aliphatic heterocycles. The van der Waals surface area contributed by atoms with E-state index in [9.17, 15) is 19.2 Å². The first-order chi connectivity index (χ1) is 16.5. The highest BCUT2D eigenvalue weighted by Crippen LogP contribution is 2.34. The zero-order valence-corrected chi connectivity index (χ0v) is 17.9. The number of nitrogens with one attached hydrogen (secondary N) is 1. The van der Waals surface area contributed by atoms with Gasteiger partial charge in [0.15, 0.2) is 0 Å². The fourth-order valence-corrected chi connectivity index (χ4v) is 4.76. The summed E-state index contributed by atoms with van der Waals surface area (Å²) in [7, 11) is 0. The van der Waals surface area contributed by atoms with Crippen LogP contribution in [-0.4, -0.2) is 65.8 Å². The van der Waals surface area contributed by atoms with E-state index in [1.54, 1.807) is 15.6 Å². The number of rotatable bonds is 4. The van der Waals surface area contributed by atoms with E-state index in [0.717, 1.165) is 10.4 Å². The third kappa shape index (κ3) is 3.10. The fourth-order valence-electron chi connectivity index (χ4n) is 4.76. The molecule has 6 rings (SSSR count). The quantitative estimate of drug-likeness (QED) is 0.546. The first-order valence-corrected chi connectivity index (χ1v) is 11.0. The molecule has 3 aromatic heterocycles. The van der Waals surface area contributed by atoms with Crippen molar-refractivity contribution in [1.82, 2.24) is 34.9 Å². The average molecular weight is 461 g/mol. The van der Waals surface area contributed by atoms with Gasteiger partial charge in [-0.3, -0.25) is 29.4 Å². The van der Waals surface area contributed by atoms with Gasteiger partial charge in [0.1, 0.15) is 17.4 Å². The minimum atomic E-state index is -0.990. The van der Waals surface area contributed by atoms with E-state index >= 15 is 0 Å². The van der Waals surface area contributed by atoms with Crippen molar-refractivity contribution in [1.29, 1.82) is 0 Å². The Morgan fingerprint density at radius 1 is 1.09 bits per heavy atom. The van der Waals surface area contributed by atoms with Gasteiger partial charge in [-0.2, -0.15) is 10.1 Å². The van der Waals surface area contributed by atoms with Crippen molar-refractivity contribution >= 4 is 29.1 Å². The molecule has 12 nitrogen and oxygen atoms in total. The Bertz CT molecular complexity index is 1400. The van der Waals surface area contributed by atoms with E-state index in [4.69, 9.17) is 4.52 Å². The van der Waals surface area contributed by atoms with Gasteiger partial charge in [-0.1, -0.05) is 5.16 Å². The Morgan fingerprint density at radius 2 is 1.97 bits per heavy atom. The number of piperidine rings is 1. The zero-order chi connectivity index (χ0) is 23.4. The van der Waals surface area contributed by atoms with Crippen LogP contribution in [0.5, 0.6) is 0 Å². The normalized spacial score (nSPS) is 21.0. The van der Waals surface area contributed by atoms with Crippen molar-refractivity contribution in [2.45, 2.75) is 38.3 Å². The van der Waals surface area contributed by atoms with E-state index in [0.29, 0.717) is 36.5 Å². The third-order valence-corrected chi connectivity index (χ3v) is 6.32. The Labute approximate surface area is 192 Å². The summed E-state index contributed by atoms with van der Waals surface area (Å²) >= 11 is 0. The van der Waals surface area contributed by atoms with E-state index in [1.165, 1.54) is 0 Å². The van der Waals surface area contributed by atoms with Gasteiger partial charge in [0.05, 0.1) is 12.1 Å². The number of carbonyl (C=O) groups excluding carboxylic acids is 4. The first-order valence-electron chi connectivity index (χ1n) is 11.0. The van der Waals surface area contributed by atoms with Crippen LogP contribution < -0.4 is 5.32 Å². The van der Waals surface area contributed by atoms with Gasteiger partial charge < -0.3 is 9.42 Å². The van der Waals surface area contributed by atoms with Gasteiger partial charge in [-0.05, 0) is 43.5 Å². The highest BCUT2D eigenvalue weighted by atomic mass is 16.5. The number of carbonyl (C=O) groups is 4. The maximum absolute atomic E-state index is 13.3. The molecule has 0 saturated carbocycles. The molecule has 1 unspecified atom stereocenters. The molecule has 0 spiro atoms. The third-order valence-electron chi connectivity index (χ3n) is 6.32. The van der Waals surface area contributed by atoms with Crippen LogP contribution in [0.4, 0.5) is 0 Å². The molecule has 3 aromatic rings. The molecule has 0 bridgehead atoms. The lowest BCUT2D eigenvalue weighted by atomic mass is 10.0. The summed E-state index contributed by atoms with van der Waals surface area (Å²) in [5.74, 6) is -1.39. The van der Waals surface area contributed by atoms with Crippen molar-refractivity contribution in [3.05, 3.63) is 47.6 Å². The second kappa shape index (κ2) is 7.61. The summed E-state index contributed by atoms with van der Waals surface area (Å²) in [6.07, 6.45) is 2.97. The maximum atomic E-state index is 13.3. The summed E-state index contributed by atoms with van der Waals surface area (Å²) in [6, 6.07) is 6.49. The van der Waals surface area contributed by atoms with Crippen molar-refractivity contribution in [3.8, 4) is 11.5 Å². The number of hydrogen-bond donors (Lipinski definition) is 1. The van der Waals surface area contributed by atoms with Gasteiger partial charge in [0, 0.05) is 24.7 Å². The summed E-state index contributed by atoms with van der Waals surface area (Å²) in [4.78, 5) is 57.4. The van der Waals surface area contributed by atoms with Crippen LogP contribution in [0.25, 0.3) is 17.0 Å². The predicted molar refractivity (Wildman–Crippen MR) is 113 cm³/mol. The minimum absolute atomic E-state index is 0.0793. The standard InChI is InChI=1S/C22H19N7O5/c30-16-8-7-15(20(31)24-16)28-21(32)13-4-2-10-27(18(13)22(28)33)11-17-25-19(26-34-17)14-6-5-12-3-1-9-23-29(12)14/h1,3,5-6,9,15H,2,4,7-8,10-11H2,(H,24,30,31). The molecule has 0 aliphatic carbocycles. The topological polar surface area (TPSA) is 143 Å². The average Bonchev–Trinajstić information content (AvgIpc) is 3.52. The molecule has 172 valence electrons. The van der Waals surface area contributed by atoms with Crippen molar-refractivity contribution in [2.75, 3.05) is 6.54 Å². The molecule has 12 heteroatoms. The first kappa shape index (κ1) is 20.3. The number of imide groups is 2. The van der Waals surface area contributed by atoms with Gasteiger partial charge in [-0.25, -0.2) is 4.52 Å². The summed E-state index contributed by atoms with van der Waals surface area (Å²) in [5, 5.41) is 10.6. The SMILES string of the molecule is O=C1CCC(N2C(=O)C3=C(C2=O)N(Cc2nc(-c4ccc5cccnn45)no2)CCC3)C(=O)N1.